The van der Waals surface area contributed by atoms with Crippen molar-refractivity contribution in [3.8, 4) is 0 Å². The third-order valence-electron chi connectivity index (χ3n) is 2.37. The predicted octanol–water partition coefficient (Wildman–Crippen LogP) is 2.61. The van der Waals surface area contributed by atoms with Gasteiger partial charge >= 0.3 is 6.18 Å². The maximum Gasteiger partial charge on any atom is 0.433 e. The lowest BCUT2D eigenvalue weighted by molar-refractivity contribution is -0.141. The minimum absolute atomic E-state index is 0.101. The molecule has 0 amide bonds. The van der Waals surface area contributed by atoms with Gasteiger partial charge in [0.1, 0.15) is 11.2 Å². The first-order valence-corrected chi connectivity index (χ1v) is 5.02. The molecule has 0 spiro atoms. The van der Waals surface area contributed by atoms with E-state index in [9.17, 15) is 13.2 Å². The molecule has 0 aliphatic rings. The number of nitrogen functional groups attached to an aromatic ring is 1. The van der Waals surface area contributed by atoms with Gasteiger partial charge < -0.3 is 5.73 Å². The van der Waals surface area contributed by atoms with Crippen molar-refractivity contribution in [2.75, 3.05) is 5.73 Å². The number of hydrogen-bond donors (Lipinski definition) is 1. The molecule has 2 heterocycles. The van der Waals surface area contributed by atoms with Gasteiger partial charge in [0, 0.05) is 6.04 Å². The summed E-state index contributed by atoms with van der Waals surface area (Å²) in [6, 6.07) is 2.08. The van der Waals surface area contributed by atoms with Gasteiger partial charge in [-0.3, -0.25) is 4.57 Å². The lowest BCUT2D eigenvalue weighted by Crippen LogP contribution is -2.10. The predicted molar refractivity (Wildman–Crippen MR) is 57.3 cm³/mol. The topological polar surface area (TPSA) is 56.7 Å². The van der Waals surface area contributed by atoms with E-state index in [0.29, 0.717) is 5.52 Å². The molecule has 92 valence electrons. The standard InChI is InChI=1S/C10H11F3N4/c1-5(2)17-8-6(15-9(17)14)3-4-7(16-8)10(11,12)13/h3-5H,1-2H3,(H2,14,15). The Kier molecular flexibility index (Phi) is 2.48. The molecule has 17 heavy (non-hydrogen) atoms. The highest BCUT2D eigenvalue weighted by molar-refractivity contribution is 5.74. The molecular weight excluding hydrogens is 233 g/mol. The van der Waals surface area contributed by atoms with Gasteiger partial charge in [-0.1, -0.05) is 0 Å². The summed E-state index contributed by atoms with van der Waals surface area (Å²) < 4.78 is 39.1. The number of fused-ring (bicyclic) bond motifs is 1. The van der Waals surface area contributed by atoms with Crippen molar-refractivity contribution in [2.24, 2.45) is 0 Å². The number of nitrogens with two attached hydrogens (primary N) is 1. The number of aromatic nitrogens is 3. The number of halogens is 3. The van der Waals surface area contributed by atoms with Crippen molar-refractivity contribution in [3.05, 3.63) is 17.8 Å². The van der Waals surface area contributed by atoms with Gasteiger partial charge in [0.15, 0.2) is 5.65 Å². The highest BCUT2D eigenvalue weighted by Crippen LogP contribution is 2.30. The van der Waals surface area contributed by atoms with E-state index < -0.39 is 11.9 Å². The van der Waals surface area contributed by atoms with Gasteiger partial charge in [-0.25, -0.2) is 9.97 Å². The summed E-state index contributed by atoms with van der Waals surface area (Å²) in [5, 5.41) is 0. The molecule has 4 nitrogen and oxygen atoms in total. The number of pyridine rings is 1. The van der Waals surface area contributed by atoms with Crippen molar-refractivity contribution in [1.82, 2.24) is 14.5 Å². The van der Waals surface area contributed by atoms with Crippen LogP contribution in [0.4, 0.5) is 19.1 Å². The van der Waals surface area contributed by atoms with Gasteiger partial charge in [0.05, 0.1) is 0 Å². The molecule has 0 unspecified atom stereocenters. The summed E-state index contributed by atoms with van der Waals surface area (Å²) in [6.45, 7) is 3.61. The van der Waals surface area contributed by atoms with Gasteiger partial charge in [0.25, 0.3) is 0 Å². The van der Waals surface area contributed by atoms with E-state index in [1.54, 1.807) is 13.8 Å². The van der Waals surface area contributed by atoms with E-state index in [2.05, 4.69) is 9.97 Å². The minimum Gasteiger partial charge on any atom is -0.369 e. The molecule has 0 fully saturated rings. The highest BCUT2D eigenvalue weighted by Gasteiger charge is 2.33. The zero-order valence-electron chi connectivity index (χ0n) is 9.28. The quantitative estimate of drug-likeness (QED) is 0.838. The van der Waals surface area contributed by atoms with Crippen LogP contribution in [0.1, 0.15) is 25.6 Å². The molecule has 7 heteroatoms. The zero-order valence-corrected chi connectivity index (χ0v) is 9.28. The first-order chi connectivity index (χ1) is 7.80. The Labute approximate surface area is 95.3 Å². The normalized spacial score (nSPS) is 12.6. The summed E-state index contributed by atoms with van der Waals surface area (Å²) in [6.07, 6.45) is -4.46. The largest absolute Gasteiger partial charge is 0.433 e. The molecule has 0 aromatic carbocycles. The van der Waals surface area contributed by atoms with Crippen molar-refractivity contribution >= 4 is 17.1 Å². The van der Waals surface area contributed by atoms with Crippen LogP contribution in [0.25, 0.3) is 11.2 Å². The Balaban J connectivity index is 2.71. The fourth-order valence-corrected chi connectivity index (χ4v) is 1.66. The Morgan fingerprint density at radius 3 is 2.41 bits per heavy atom. The first-order valence-electron chi connectivity index (χ1n) is 5.02. The maximum absolute atomic E-state index is 12.5. The van der Waals surface area contributed by atoms with Crippen LogP contribution in [0, 0.1) is 0 Å². The monoisotopic (exact) mass is 244 g/mol. The Hall–Kier alpha value is -1.79. The number of alkyl halides is 3. The molecule has 0 bridgehead atoms. The van der Waals surface area contributed by atoms with Gasteiger partial charge in [0.2, 0.25) is 5.95 Å². The molecular formula is C10H11F3N4. The number of rotatable bonds is 1. The lowest BCUT2D eigenvalue weighted by Gasteiger charge is -2.10. The van der Waals surface area contributed by atoms with E-state index in [4.69, 9.17) is 5.73 Å². The smallest absolute Gasteiger partial charge is 0.369 e. The van der Waals surface area contributed by atoms with E-state index in [-0.39, 0.29) is 17.6 Å². The summed E-state index contributed by atoms with van der Waals surface area (Å²) in [5.74, 6) is 0.168. The number of nitrogens with zero attached hydrogens (tertiary/aromatic N) is 3. The SMILES string of the molecule is CC(C)n1c(N)nc2ccc(C(F)(F)F)nc21. The summed E-state index contributed by atoms with van der Waals surface area (Å²) >= 11 is 0. The van der Waals surface area contributed by atoms with E-state index in [1.165, 1.54) is 10.6 Å². The Morgan fingerprint density at radius 1 is 1.24 bits per heavy atom. The second-order valence-electron chi connectivity index (χ2n) is 3.97. The van der Waals surface area contributed by atoms with E-state index in [1.807, 2.05) is 0 Å². The van der Waals surface area contributed by atoms with Gasteiger partial charge in [-0.05, 0) is 26.0 Å². The van der Waals surface area contributed by atoms with Gasteiger partial charge in [-0.15, -0.1) is 0 Å². The summed E-state index contributed by atoms with van der Waals surface area (Å²) in [5.41, 5.74) is 5.23. The lowest BCUT2D eigenvalue weighted by atomic mass is 10.3. The fraction of sp³-hybridized carbons (Fsp3) is 0.400. The number of imidazole rings is 1. The van der Waals surface area contributed by atoms with Crippen molar-refractivity contribution in [1.29, 1.82) is 0 Å². The molecule has 0 aliphatic carbocycles. The Bertz CT molecular complexity index is 556. The average molecular weight is 244 g/mol. The molecule has 0 saturated carbocycles. The summed E-state index contributed by atoms with van der Waals surface area (Å²) in [7, 11) is 0. The third-order valence-corrected chi connectivity index (χ3v) is 2.37. The summed E-state index contributed by atoms with van der Waals surface area (Å²) in [4.78, 5) is 7.55. The van der Waals surface area contributed by atoms with Crippen LogP contribution in [-0.4, -0.2) is 14.5 Å². The average Bonchev–Trinajstić information content (AvgIpc) is 2.50. The molecule has 2 aromatic heterocycles. The van der Waals surface area contributed by atoms with E-state index >= 15 is 0 Å². The fourth-order valence-electron chi connectivity index (χ4n) is 1.66. The number of hydrogen-bond acceptors (Lipinski definition) is 3. The molecule has 0 aliphatic heterocycles. The van der Waals surface area contributed by atoms with Crippen molar-refractivity contribution in [2.45, 2.75) is 26.1 Å². The molecule has 2 rings (SSSR count). The zero-order chi connectivity index (χ0) is 12.8. The van der Waals surface area contributed by atoms with Crippen molar-refractivity contribution < 1.29 is 13.2 Å². The van der Waals surface area contributed by atoms with Crippen LogP contribution >= 0.6 is 0 Å². The third kappa shape index (κ3) is 1.92. The maximum atomic E-state index is 12.5. The van der Waals surface area contributed by atoms with Crippen LogP contribution in [-0.2, 0) is 6.18 Å². The van der Waals surface area contributed by atoms with Crippen LogP contribution in [0.2, 0.25) is 0 Å². The van der Waals surface area contributed by atoms with Crippen LogP contribution in [0.15, 0.2) is 12.1 Å². The van der Waals surface area contributed by atoms with Crippen LogP contribution in [0.5, 0.6) is 0 Å². The molecule has 2 N–H and O–H groups in total. The molecule has 0 saturated heterocycles. The second kappa shape index (κ2) is 3.61. The highest BCUT2D eigenvalue weighted by atomic mass is 19.4. The Morgan fingerprint density at radius 2 is 1.88 bits per heavy atom. The minimum atomic E-state index is -4.46. The number of anilines is 1. The molecule has 0 radical (unpaired) electrons. The second-order valence-corrected chi connectivity index (χ2v) is 3.97. The van der Waals surface area contributed by atoms with Crippen molar-refractivity contribution in [3.63, 3.8) is 0 Å². The molecule has 2 aromatic rings. The van der Waals surface area contributed by atoms with Gasteiger partial charge in [-0.2, -0.15) is 13.2 Å². The van der Waals surface area contributed by atoms with Crippen LogP contribution in [0.3, 0.4) is 0 Å². The van der Waals surface area contributed by atoms with Crippen LogP contribution < -0.4 is 5.73 Å². The first kappa shape index (κ1) is 11.7. The van der Waals surface area contributed by atoms with E-state index in [0.717, 1.165) is 6.07 Å². The molecule has 0 atom stereocenters.